The summed E-state index contributed by atoms with van der Waals surface area (Å²) in [6, 6.07) is 7.60. The van der Waals surface area contributed by atoms with Gasteiger partial charge in [-0.05, 0) is 48.3 Å². The van der Waals surface area contributed by atoms with Crippen LogP contribution < -0.4 is 11.1 Å². The van der Waals surface area contributed by atoms with E-state index in [-0.39, 0.29) is 5.91 Å². The normalized spacial score (nSPS) is 17.3. The highest BCUT2D eigenvalue weighted by molar-refractivity contribution is 5.92. The van der Waals surface area contributed by atoms with Crippen molar-refractivity contribution in [1.82, 2.24) is 5.32 Å². The van der Waals surface area contributed by atoms with E-state index in [0.29, 0.717) is 11.0 Å². The Morgan fingerprint density at radius 2 is 2.05 bits per heavy atom. The monoisotopic (exact) mass is 288 g/mol. The molecule has 1 saturated carbocycles. The molecule has 0 radical (unpaired) electrons. The molecule has 1 fully saturated rings. The molecule has 0 atom stereocenters. The van der Waals surface area contributed by atoms with Crippen molar-refractivity contribution in [1.29, 1.82) is 0 Å². The first-order valence-corrected chi connectivity index (χ1v) is 8.10. The molecule has 2 rings (SSSR count). The summed E-state index contributed by atoms with van der Waals surface area (Å²) in [7, 11) is 0. The van der Waals surface area contributed by atoms with E-state index in [4.69, 9.17) is 5.73 Å². The van der Waals surface area contributed by atoms with Gasteiger partial charge in [0.05, 0.1) is 0 Å². The molecule has 3 heteroatoms. The summed E-state index contributed by atoms with van der Waals surface area (Å²) in [5.41, 5.74) is 7.53. The first kappa shape index (κ1) is 16.0. The topological polar surface area (TPSA) is 55.1 Å². The molecule has 0 aliphatic heterocycles. The van der Waals surface area contributed by atoms with Crippen LogP contribution in [0.1, 0.15) is 61.9 Å². The number of carbonyl (C=O) groups is 1. The number of hydrogen-bond acceptors (Lipinski definition) is 2. The summed E-state index contributed by atoms with van der Waals surface area (Å²) in [5, 5.41) is 3.60. The van der Waals surface area contributed by atoms with Gasteiger partial charge in [0.15, 0.2) is 0 Å². The average molecular weight is 288 g/mol. The van der Waals surface area contributed by atoms with E-state index in [1.165, 1.54) is 32.1 Å². The lowest BCUT2D eigenvalue weighted by Gasteiger charge is -2.31. The van der Waals surface area contributed by atoms with Gasteiger partial charge in [0.1, 0.15) is 0 Å². The number of nitrogens with one attached hydrogen (secondary N) is 1. The molecule has 0 spiro atoms. The fourth-order valence-electron chi connectivity index (χ4n) is 3.75. The van der Waals surface area contributed by atoms with Gasteiger partial charge in [-0.15, -0.1) is 0 Å². The van der Waals surface area contributed by atoms with Gasteiger partial charge >= 0.3 is 0 Å². The summed E-state index contributed by atoms with van der Waals surface area (Å²) in [6.07, 6.45) is 6.73. The Bertz CT molecular complexity index is 476. The minimum absolute atomic E-state index is 0.357. The predicted octanol–water partition coefficient (Wildman–Crippen LogP) is 3.48. The molecule has 1 amide bonds. The molecule has 0 unspecified atom stereocenters. The molecule has 1 aromatic carbocycles. The number of benzene rings is 1. The Hall–Kier alpha value is -1.35. The molecule has 1 aliphatic carbocycles. The molecule has 3 nitrogen and oxygen atoms in total. The van der Waals surface area contributed by atoms with Crippen LogP contribution in [0.15, 0.2) is 24.3 Å². The minimum atomic E-state index is -0.357. The van der Waals surface area contributed by atoms with Gasteiger partial charge in [0.2, 0.25) is 5.91 Å². The second-order valence-electron chi connectivity index (χ2n) is 6.97. The van der Waals surface area contributed by atoms with Crippen LogP contribution in [-0.2, 0) is 6.54 Å². The van der Waals surface area contributed by atoms with E-state index in [9.17, 15) is 4.79 Å². The average Bonchev–Trinajstić information content (AvgIpc) is 2.87. The molecular formula is C18H28N2O. The van der Waals surface area contributed by atoms with Crippen LogP contribution >= 0.6 is 0 Å². The molecule has 3 N–H and O–H groups in total. The van der Waals surface area contributed by atoms with Crippen LogP contribution in [0.2, 0.25) is 0 Å². The van der Waals surface area contributed by atoms with E-state index in [0.717, 1.165) is 24.6 Å². The van der Waals surface area contributed by atoms with Gasteiger partial charge in [-0.25, -0.2) is 0 Å². The van der Waals surface area contributed by atoms with Gasteiger partial charge < -0.3 is 11.1 Å². The van der Waals surface area contributed by atoms with E-state index in [1.807, 2.05) is 18.2 Å². The second-order valence-corrected chi connectivity index (χ2v) is 6.97. The Balaban J connectivity index is 1.90. The Morgan fingerprint density at radius 3 is 2.67 bits per heavy atom. The maximum Gasteiger partial charge on any atom is 0.248 e. The van der Waals surface area contributed by atoms with E-state index < -0.39 is 0 Å². The summed E-state index contributed by atoms with van der Waals surface area (Å²) in [4.78, 5) is 11.2. The van der Waals surface area contributed by atoms with Crippen molar-refractivity contribution in [2.75, 3.05) is 6.54 Å². The highest BCUT2D eigenvalue weighted by Crippen LogP contribution is 2.42. The van der Waals surface area contributed by atoms with Crippen molar-refractivity contribution >= 4 is 5.91 Å². The van der Waals surface area contributed by atoms with E-state index >= 15 is 0 Å². The van der Waals surface area contributed by atoms with Crippen molar-refractivity contribution in [3.63, 3.8) is 0 Å². The molecule has 0 aromatic heterocycles. The Labute approximate surface area is 128 Å². The van der Waals surface area contributed by atoms with Gasteiger partial charge in [-0.1, -0.05) is 38.8 Å². The molecule has 0 bridgehead atoms. The lowest BCUT2D eigenvalue weighted by molar-refractivity contribution is 0.1000. The largest absolute Gasteiger partial charge is 0.366 e. The summed E-state index contributed by atoms with van der Waals surface area (Å²) < 4.78 is 0. The highest BCUT2D eigenvalue weighted by atomic mass is 16.1. The van der Waals surface area contributed by atoms with Crippen LogP contribution in [-0.4, -0.2) is 12.5 Å². The lowest BCUT2D eigenvalue weighted by atomic mass is 9.78. The number of primary amides is 1. The lowest BCUT2D eigenvalue weighted by Crippen LogP contribution is -2.33. The zero-order chi connectivity index (χ0) is 15.3. The van der Waals surface area contributed by atoms with Crippen molar-refractivity contribution < 1.29 is 4.79 Å². The van der Waals surface area contributed by atoms with E-state index in [2.05, 4.69) is 19.2 Å². The minimum Gasteiger partial charge on any atom is -0.366 e. The third-order valence-corrected chi connectivity index (χ3v) is 4.55. The molecule has 116 valence electrons. The smallest absolute Gasteiger partial charge is 0.248 e. The SMILES string of the molecule is CC(C)CC1(CNCc2cccc(C(N)=O)c2)CCCC1. The van der Waals surface area contributed by atoms with E-state index in [1.54, 1.807) is 6.07 Å². The fourth-order valence-corrected chi connectivity index (χ4v) is 3.75. The maximum absolute atomic E-state index is 11.2. The summed E-state index contributed by atoms with van der Waals surface area (Å²) in [6.45, 7) is 6.51. The quantitative estimate of drug-likeness (QED) is 0.807. The van der Waals surface area contributed by atoms with Gasteiger partial charge in [-0.3, -0.25) is 4.79 Å². The molecule has 1 aromatic rings. The summed E-state index contributed by atoms with van der Waals surface area (Å²) in [5.74, 6) is 0.395. The fraction of sp³-hybridized carbons (Fsp3) is 0.611. The van der Waals surface area contributed by atoms with Gasteiger partial charge in [0.25, 0.3) is 0 Å². The van der Waals surface area contributed by atoms with Gasteiger partial charge in [-0.2, -0.15) is 0 Å². The molecule has 0 saturated heterocycles. The Morgan fingerprint density at radius 1 is 1.33 bits per heavy atom. The van der Waals surface area contributed by atoms with Crippen molar-refractivity contribution in [3.8, 4) is 0 Å². The van der Waals surface area contributed by atoms with Crippen LogP contribution in [0, 0.1) is 11.3 Å². The van der Waals surface area contributed by atoms with Crippen LogP contribution in [0.5, 0.6) is 0 Å². The molecule has 21 heavy (non-hydrogen) atoms. The van der Waals surface area contributed by atoms with Crippen LogP contribution in [0.4, 0.5) is 0 Å². The summed E-state index contributed by atoms with van der Waals surface area (Å²) >= 11 is 0. The number of amides is 1. The van der Waals surface area contributed by atoms with Crippen LogP contribution in [0.25, 0.3) is 0 Å². The third kappa shape index (κ3) is 4.57. The second kappa shape index (κ2) is 7.08. The number of rotatable bonds is 7. The zero-order valence-electron chi connectivity index (χ0n) is 13.3. The van der Waals surface area contributed by atoms with Crippen molar-refractivity contribution in [2.45, 2.75) is 52.5 Å². The maximum atomic E-state index is 11.2. The molecular weight excluding hydrogens is 260 g/mol. The first-order chi connectivity index (χ1) is 10.0. The molecule has 1 aliphatic rings. The zero-order valence-corrected chi connectivity index (χ0v) is 13.3. The highest BCUT2D eigenvalue weighted by Gasteiger charge is 2.33. The standard InChI is InChI=1S/C18H28N2O/c1-14(2)11-18(8-3-4-9-18)13-20-12-15-6-5-7-16(10-15)17(19)21/h5-7,10,14,20H,3-4,8-9,11-13H2,1-2H3,(H2,19,21). The van der Waals surface area contributed by atoms with Crippen molar-refractivity contribution in [2.24, 2.45) is 17.1 Å². The third-order valence-electron chi connectivity index (χ3n) is 4.55. The number of nitrogens with two attached hydrogens (primary N) is 1. The number of hydrogen-bond donors (Lipinski definition) is 2. The number of carbonyl (C=O) groups excluding carboxylic acids is 1. The van der Waals surface area contributed by atoms with Crippen molar-refractivity contribution in [3.05, 3.63) is 35.4 Å². The predicted molar refractivity (Wildman–Crippen MR) is 87.0 cm³/mol. The first-order valence-electron chi connectivity index (χ1n) is 8.10. The Kier molecular flexibility index (Phi) is 5.40. The van der Waals surface area contributed by atoms with Gasteiger partial charge in [0, 0.05) is 18.7 Å². The van der Waals surface area contributed by atoms with Crippen LogP contribution in [0.3, 0.4) is 0 Å². The molecule has 0 heterocycles.